The zero-order chi connectivity index (χ0) is 36.2. The second-order valence-electron chi connectivity index (χ2n) is 15.8. The van der Waals surface area contributed by atoms with Gasteiger partial charge in [-0.15, -0.1) is 0 Å². The van der Waals surface area contributed by atoms with Crippen LogP contribution < -0.4 is 0 Å². The number of aromatic hydroxyl groups is 1. The minimum Gasteiger partial charge on any atom is -0.507 e. The van der Waals surface area contributed by atoms with E-state index in [4.69, 9.17) is 10.1 Å². The molecule has 0 amide bonds. The van der Waals surface area contributed by atoms with Crippen molar-refractivity contribution in [3.63, 3.8) is 0 Å². The zero-order valence-electron chi connectivity index (χ0n) is 30.6. The van der Waals surface area contributed by atoms with E-state index in [1.807, 2.05) is 41.2 Å². The Morgan fingerprint density at radius 3 is 1.96 bits per heavy atom. The summed E-state index contributed by atoms with van der Waals surface area (Å²) in [6.07, 6.45) is 1.88. The first-order valence-corrected chi connectivity index (χ1v) is 18.0. The van der Waals surface area contributed by atoms with E-state index in [1.54, 1.807) is 6.07 Å². The van der Waals surface area contributed by atoms with Gasteiger partial charge in [0.1, 0.15) is 11.4 Å². The van der Waals surface area contributed by atoms with E-state index >= 15 is 0 Å². The third-order valence-electron chi connectivity index (χ3n) is 10.1. The fourth-order valence-corrected chi connectivity index (χ4v) is 7.15. The van der Waals surface area contributed by atoms with Crippen molar-refractivity contribution in [3.05, 3.63) is 157 Å². The third kappa shape index (κ3) is 6.05. The van der Waals surface area contributed by atoms with Crippen LogP contribution in [0.25, 0.3) is 72.1 Å². The van der Waals surface area contributed by atoms with Crippen LogP contribution in [0.1, 0.15) is 52.7 Å². The lowest BCUT2D eigenvalue weighted by Gasteiger charge is -2.20. The van der Waals surface area contributed by atoms with E-state index in [2.05, 4.69) is 145 Å². The third-order valence-corrected chi connectivity index (χ3v) is 10.1. The standard InChI is InChI=1S/C48H43N3O/c1-47(2,3)35-17-12-16-32(27-35)38-22-23-39(45-40(38)19-13-25-49-45)34-26-33(31-14-8-7-9-15-31)28-37(29-34)51-43-20-11-10-18-41(43)46(50-51)42-30-36(48(4,5)6)21-24-44(42)52/h7-30,52H,1-6H3. The van der Waals surface area contributed by atoms with Crippen LogP contribution in [-0.2, 0) is 10.8 Å². The minimum atomic E-state index is -0.0819. The van der Waals surface area contributed by atoms with Crippen LogP contribution in [0.3, 0.4) is 0 Å². The summed E-state index contributed by atoms with van der Waals surface area (Å²) in [7, 11) is 0. The molecule has 0 saturated heterocycles. The van der Waals surface area contributed by atoms with E-state index in [9.17, 15) is 5.11 Å². The first-order valence-electron chi connectivity index (χ1n) is 18.0. The van der Waals surface area contributed by atoms with Gasteiger partial charge in [0.2, 0.25) is 0 Å². The van der Waals surface area contributed by atoms with Crippen molar-refractivity contribution in [1.29, 1.82) is 0 Å². The highest BCUT2D eigenvalue weighted by Gasteiger charge is 2.22. The molecule has 1 N–H and O–H groups in total. The number of hydrogen-bond acceptors (Lipinski definition) is 3. The molecule has 6 aromatic carbocycles. The molecule has 4 heteroatoms. The number of phenolic OH excluding ortho intramolecular Hbond substituents is 1. The van der Waals surface area contributed by atoms with Crippen LogP contribution in [-0.4, -0.2) is 19.9 Å². The second kappa shape index (κ2) is 12.6. The molecule has 0 unspecified atom stereocenters. The van der Waals surface area contributed by atoms with Crippen LogP contribution in [0.15, 0.2) is 146 Å². The number of pyridine rings is 1. The van der Waals surface area contributed by atoms with Gasteiger partial charge in [0.05, 0.1) is 16.7 Å². The highest BCUT2D eigenvalue weighted by Crippen LogP contribution is 2.41. The predicted molar refractivity (Wildman–Crippen MR) is 217 cm³/mol. The summed E-state index contributed by atoms with van der Waals surface area (Å²) in [5, 5.41) is 18.5. The Morgan fingerprint density at radius 2 is 1.17 bits per heavy atom. The number of nitrogens with zero attached hydrogens (tertiary/aromatic N) is 3. The Hall–Kier alpha value is -6.00. The number of para-hydroxylation sites is 1. The fourth-order valence-electron chi connectivity index (χ4n) is 7.15. The molecule has 2 heterocycles. The van der Waals surface area contributed by atoms with E-state index in [0.717, 1.165) is 72.1 Å². The Bertz CT molecular complexity index is 2600. The number of rotatable bonds is 5. The molecule has 0 atom stereocenters. The van der Waals surface area contributed by atoms with Gasteiger partial charge in [-0.2, -0.15) is 5.10 Å². The molecule has 2 aromatic heterocycles. The largest absolute Gasteiger partial charge is 0.507 e. The van der Waals surface area contributed by atoms with E-state index < -0.39 is 0 Å². The maximum absolute atomic E-state index is 11.2. The lowest BCUT2D eigenvalue weighted by Crippen LogP contribution is -2.10. The second-order valence-corrected chi connectivity index (χ2v) is 15.8. The van der Waals surface area contributed by atoms with Crippen molar-refractivity contribution in [1.82, 2.24) is 14.8 Å². The Morgan fingerprint density at radius 1 is 0.500 bits per heavy atom. The van der Waals surface area contributed by atoms with Gasteiger partial charge in [0.15, 0.2) is 0 Å². The Labute approximate surface area is 306 Å². The molecule has 8 rings (SSSR count). The molecular weight excluding hydrogens is 635 g/mol. The lowest BCUT2D eigenvalue weighted by atomic mass is 9.85. The van der Waals surface area contributed by atoms with Crippen LogP contribution >= 0.6 is 0 Å². The summed E-state index contributed by atoms with van der Waals surface area (Å²) in [6, 6.07) is 48.8. The number of benzene rings is 6. The van der Waals surface area contributed by atoms with Crippen molar-refractivity contribution < 1.29 is 5.11 Å². The first-order chi connectivity index (χ1) is 25.0. The monoisotopic (exact) mass is 677 g/mol. The van der Waals surface area contributed by atoms with Crippen molar-refractivity contribution >= 4 is 21.8 Å². The summed E-state index contributed by atoms with van der Waals surface area (Å²) in [6.45, 7) is 13.3. The molecule has 0 aliphatic heterocycles. The van der Waals surface area contributed by atoms with Crippen molar-refractivity contribution in [2.75, 3.05) is 0 Å². The molecule has 256 valence electrons. The molecule has 0 aliphatic rings. The molecule has 0 fully saturated rings. The SMILES string of the molecule is CC(C)(C)c1cccc(-c2ccc(-c3cc(-c4ccccc4)cc(-n4nc(-c5cc(C(C)(C)C)ccc5O)c5ccccc54)c3)c3ncccc23)c1. The Kier molecular flexibility index (Phi) is 8.06. The molecular formula is C48H43N3O. The highest BCUT2D eigenvalue weighted by atomic mass is 16.3. The predicted octanol–water partition coefficient (Wildman–Crippen LogP) is 12.5. The van der Waals surface area contributed by atoms with Gasteiger partial charge in [0.25, 0.3) is 0 Å². The maximum Gasteiger partial charge on any atom is 0.125 e. The molecule has 0 bridgehead atoms. The van der Waals surface area contributed by atoms with Crippen molar-refractivity contribution in [2.45, 2.75) is 52.4 Å². The summed E-state index contributed by atoms with van der Waals surface area (Å²) in [4.78, 5) is 5.00. The molecule has 8 aromatic rings. The number of phenols is 1. The molecule has 0 spiro atoms. The first kappa shape index (κ1) is 33.2. The Balaban J connectivity index is 1.35. The minimum absolute atomic E-state index is 0.0446. The van der Waals surface area contributed by atoms with Gasteiger partial charge in [-0.25, -0.2) is 4.68 Å². The summed E-state index contributed by atoms with van der Waals surface area (Å²) in [5.74, 6) is 0.216. The van der Waals surface area contributed by atoms with Gasteiger partial charge in [-0.3, -0.25) is 4.98 Å². The smallest absolute Gasteiger partial charge is 0.125 e. The molecule has 0 saturated carbocycles. The van der Waals surface area contributed by atoms with Gasteiger partial charge in [-0.1, -0.05) is 139 Å². The van der Waals surface area contributed by atoms with Crippen LogP contribution in [0.2, 0.25) is 0 Å². The fraction of sp³-hybridized carbons (Fsp3) is 0.167. The summed E-state index contributed by atoms with van der Waals surface area (Å²) in [5.41, 5.74) is 13.4. The van der Waals surface area contributed by atoms with Gasteiger partial charge >= 0.3 is 0 Å². The van der Waals surface area contributed by atoms with E-state index in [1.165, 1.54) is 11.1 Å². The van der Waals surface area contributed by atoms with Gasteiger partial charge in [0, 0.05) is 28.1 Å². The lowest BCUT2D eigenvalue weighted by molar-refractivity contribution is 0.476. The maximum atomic E-state index is 11.2. The zero-order valence-corrected chi connectivity index (χ0v) is 30.6. The average Bonchev–Trinajstić information content (AvgIpc) is 3.53. The van der Waals surface area contributed by atoms with Gasteiger partial charge in [-0.05, 0) is 92.2 Å². The quantitative estimate of drug-likeness (QED) is 0.197. The molecule has 52 heavy (non-hydrogen) atoms. The highest BCUT2D eigenvalue weighted by molar-refractivity contribution is 6.03. The molecule has 0 radical (unpaired) electrons. The summed E-state index contributed by atoms with van der Waals surface area (Å²) < 4.78 is 2.02. The molecule has 4 nitrogen and oxygen atoms in total. The number of aromatic nitrogens is 3. The van der Waals surface area contributed by atoms with Crippen LogP contribution in [0.5, 0.6) is 5.75 Å². The van der Waals surface area contributed by atoms with E-state index in [-0.39, 0.29) is 16.6 Å². The normalized spacial score (nSPS) is 12.1. The topological polar surface area (TPSA) is 50.9 Å². The number of hydrogen-bond donors (Lipinski definition) is 1. The van der Waals surface area contributed by atoms with E-state index in [0.29, 0.717) is 0 Å². The van der Waals surface area contributed by atoms with Crippen LogP contribution in [0.4, 0.5) is 0 Å². The van der Waals surface area contributed by atoms with Crippen molar-refractivity contribution in [3.8, 4) is 56.1 Å². The molecule has 0 aliphatic carbocycles. The van der Waals surface area contributed by atoms with Gasteiger partial charge < -0.3 is 5.11 Å². The van der Waals surface area contributed by atoms with Crippen LogP contribution in [0, 0.1) is 0 Å². The average molecular weight is 678 g/mol. The number of fused-ring (bicyclic) bond motifs is 2. The summed E-state index contributed by atoms with van der Waals surface area (Å²) >= 11 is 0. The van der Waals surface area contributed by atoms with Crippen molar-refractivity contribution in [2.24, 2.45) is 0 Å².